The Morgan fingerprint density at radius 2 is 1.59 bits per heavy atom. The van der Waals surface area contributed by atoms with E-state index in [4.69, 9.17) is 14.2 Å². The number of cyclic esters (lactones) is 2. The molecule has 22 heavy (non-hydrogen) atoms. The Morgan fingerprint density at radius 1 is 1.00 bits per heavy atom. The SMILES string of the molecule is CCC/C=C1/C(=O)OC(=O)/C1=C/c1cc(OC)cc(OC)c1. The van der Waals surface area contributed by atoms with E-state index in [0.29, 0.717) is 29.1 Å². The molecule has 1 aliphatic rings. The van der Waals surface area contributed by atoms with Crippen LogP contribution in [-0.4, -0.2) is 26.2 Å². The van der Waals surface area contributed by atoms with E-state index < -0.39 is 11.9 Å². The van der Waals surface area contributed by atoms with Gasteiger partial charge in [0.2, 0.25) is 0 Å². The summed E-state index contributed by atoms with van der Waals surface area (Å²) in [5, 5.41) is 0. The van der Waals surface area contributed by atoms with Crippen molar-refractivity contribution >= 4 is 18.0 Å². The van der Waals surface area contributed by atoms with Gasteiger partial charge in [0.25, 0.3) is 0 Å². The fraction of sp³-hybridized carbons (Fsp3) is 0.294. The van der Waals surface area contributed by atoms with E-state index in [1.807, 2.05) is 6.92 Å². The Hall–Kier alpha value is -2.56. The third-order valence-electron chi connectivity index (χ3n) is 3.24. The van der Waals surface area contributed by atoms with E-state index in [1.165, 1.54) is 0 Å². The smallest absolute Gasteiger partial charge is 0.346 e. The molecule has 0 aliphatic carbocycles. The molecule has 0 saturated carbocycles. The first-order chi connectivity index (χ1) is 10.6. The number of rotatable bonds is 5. The van der Waals surface area contributed by atoms with Crippen LogP contribution in [0.1, 0.15) is 25.3 Å². The monoisotopic (exact) mass is 302 g/mol. The number of carbonyl (C=O) groups excluding carboxylic acids is 2. The zero-order chi connectivity index (χ0) is 16.1. The highest BCUT2D eigenvalue weighted by molar-refractivity contribution is 6.20. The van der Waals surface area contributed by atoms with Gasteiger partial charge in [0, 0.05) is 6.07 Å². The highest BCUT2D eigenvalue weighted by atomic mass is 16.6. The molecule has 1 heterocycles. The molecule has 1 aliphatic heterocycles. The second kappa shape index (κ2) is 6.93. The van der Waals surface area contributed by atoms with Crippen molar-refractivity contribution in [3.05, 3.63) is 41.0 Å². The summed E-state index contributed by atoms with van der Waals surface area (Å²) in [6.07, 6.45) is 4.93. The Morgan fingerprint density at radius 3 is 2.14 bits per heavy atom. The number of esters is 2. The van der Waals surface area contributed by atoms with Crippen LogP contribution >= 0.6 is 0 Å². The molecule has 5 nitrogen and oxygen atoms in total. The van der Waals surface area contributed by atoms with E-state index in [0.717, 1.165) is 6.42 Å². The van der Waals surface area contributed by atoms with Crippen LogP contribution in [0.4, 0.5) is 0 Å². The van der Waals surface area contributed by atoms with Gasteiger partial charge in [-0.05, 0) is 30.2 Å². The van der Waals surface area contributed by atoms with Crippen LogP contribution in [0.3, 0.4) is 0 Å². The van der Waals surface area contributed by atoms with Crippen LogP contribution in [0.15, 0.2) is 35.4 Å². The Bertz CT molecular complexity index is 633. The van der Waals surface area contributed by atoms with E-state index in [2.05, 4.69) is 0 Å². The average Bonchev–Trinajstić information content (AvgIpc) is 2.78. The van der Waals surface area contributed by atoms with Gasteiger partial charge in [-0.3, -0.25) is 0 Å². The fourth-order valence-electron chi connectivity index (χ4n) is 2.11. The number of benzene rings is 1. The van der Waals surface area contributed by atoms with Crippen molar-refractivity contribution in [2.75, 3.05) is 14.2 Å². The Kier molecular flexibility index (Phi) is 4.99. The van der Waals surface area contributed by atoms with E-state index in [-0.39, 0.29) is 5.57 Å². The summed E-state index contributed by atoms with van der Waals surface area (Å²) in [6, 6.07) is 5.24. The summed E-state index contributed by atoms with van der Waals surface area (Å²) >= 11 is 0. The maximum absolute atomic E-state index is 11.9. The molecule has 0 radical (unpaired) electrons. The van der Waals surface area contributed by atoms with Crippen LogP contribution in [0.5, 0.6) is 11.5 Å². The summed E-state index contributed by atoms with van der Waals surface area (Å²) in [6.45, 7) is 2.00. The number of hydrogen-bond donors (Lipinski definition) is 0. The zero-order valence-electron chi connectivity index (χ0n) is 12.8. The quantitative estimate of drug-likeness (QED) is 0.475. The van der Waals surface area contributed by atoms with Crippen LogP contribution in [0.2, 0.25) is 0 Å². The predicted octanol–water partition coefficient (Wildman–Crippen LogP) is 2.90. The van der Waals surface area contributed by atoms with Crippen molar-refractivity contribution < 1.29 is 23.8 Å². The molecule has 116 valence electrons. The molecular weight excluding hydrogens is 284 g/mol. The highest BCUT2D eigenvalue weighted by Crippen LogP contribution is 2.29. The van der Waals surface area contributed by atoms with Crippen LogP contribution in [-0.2, 0) is 14.3 Å². The lowest BCUT2D eigenvalue weighted by atomic mass is 10.0. The molecule has 2 rings (SSSR count). The third-order valence-corrected chi connectivity index (χ3v) is 3.24. The van der Waals surface area contributed by atoms with Crippen molar-refractivity contribution in [3.63, 3.8) is 0 Å². The lowest BCUT2D eigenvalue weighted by Gasteiger charge is -2.06. The van der Waals surface area contributed by atoms with Crippen LogP contribution in [0, 0.1) is 0 Å². The first-order valence-electron chi connectivity index (χ1n) is 7.00. The minimum Gasteiger partial charge on any atom is -0.497 e. The molecule has 0 bridgehead atoms. The Labute approximate surface area is 129 Å². The van der Waals surface area contributed by atoms with Gasteiger partial charge in [-0.2, -0.15) is 0 Å². The lowest BCUT2D eigenvalue weighted by Crippen LogP contribution is -1.97. The largest absolute Gasteiger partial charge is 0.497 e. The first-order valence-corrected chi connectivity index (χ1v) is 7.00. The molecule has 0 atom stereocenters. The molecule has 0 unspecified atom stereocenters. The fourth-order valence-corrected chi connectivity index (χ4v) is 2.11. The second-order valence-electron chi connectivity index (χ2n) is 4.79. The molecule has 1 fully saturated rings. The van der Waals surface area contributed by atoms with Gasteiger partial charge in [-0.25, -0.2) is 9.59 Å². The van der Waals surface area contributed by atoms with Crippen LogP contribution < -0.4 is 9.47 Å². The third kappa shape index (κ3) is 3.36. The summed E-state index contributed by atoms with van der Waals surface area (Å²) in [5.74, 6) is -0.0281. The number of ether oxygens (including phenoxy) is 3. The maximum Gasteiger partial charge on any atom is 0.346 e. The lowest BCUT2D eigenvalue weighted by molar-refractivity contribution is -0.149. The molecule has 0 N–H and O–H groups in total. The van der Waals surface area contributed by atoms with Crippen molar-refractivity contribution in [1.82, 2.24) is 0 Å². The minimum absolute atomic E-state index is 0.258. The normalized spacial score (nSPS) is 18.0. The molecule has 0 aromatic heterocycles. The van der Waals surface area contributed by atoms with Gasteiger partial charge >= 0.3 is 11.9 Å². The highest BCUT2D eigenvalue weighted by Gasteiger charge is 2.32. The number of unbranched alkanes of at least 4 members (excludes halogenated alkanes) is 1. The van der Waals surface area contributed by atoms with Gasteiger partial charge in [0.1, 0.15) is 11.5 Å². The minimum atomic E-state index is -0.630. The topological polar surface area (TPSA) is 61.8 Å². The Balaban J connectivity index is 2.45. The van der Waals surface area contributed by atoms with Gasteiger partial charge in [0.15, 0.2) is 0 Å². The molecule has 1 aromatic carbocycles. The molecule has 5 heteroatoms. The molecule has 0 amide bonds. The predicted molar refractivity (Wildman–Crippen MR) is 81.6 cm³/mol. The maximum atomic E-state index is 11.9. The number of carbonyl (C=O) groups is 2. The van der Waals surface area contributed by atoms with Gasteiger partial charge < -0.3 is 14.2 Å². The molecule has 1 saturated heterocycles. The van der Waals surface area contributed by atoms with Gasteiger partial charge in [-0.15, -0.1) is 0 Å². The summed E-state index contributed by atoms with van der Waals surface area (Å²) in [7, 11) is 3.09. The second-order valence-corrected chi connectivity index (χ2v) is 4.79. The van der Waals surface area contributed by atoms with Gasteiger partial charge in [-0.1, -0.05) is 19.4 Å². The standard InChI is InChI=1S/C17H18O5/c1-4-5-6-14-15(17(19)22-16(14)18)9-11-7-12(20-2)10-13(8-11)21-3/h6-10H,4-5H2,1-3H3/b14-6+,15-9+. The van der Waals surface area contributed by atoms with Crippen molar-refractivity contribution in [1.29, 1.82) is 0 Å². The summed E-state index contributed by atoms with van der Waals surface area (Å²) in [5.41, 5.74) is 1.27. The molecular formula is C17H18O5. The summed E-state index contributed by atoms with van der Waals surface area (Å²) in [4.78, 5) is 23.6. The number of methoxy groups -OCH3 is 2. The van der Waals surface area contributed by atoms with E-state index in [9.17, 15) is 9.59 Å². The summed E-state index contributed by atoms with van der Waals surface area (Å²) < 4.78 is 15.1. The number of hydrogen-bond acceptors (Lipinski definition) is 5. The van der Waals surface area contributed by atoms with Gasteiger partial charge in [0.05, 0.1) is 25.4 Å². The van der Waals surface area contributed by atoms with Crippen molar-refractivity contribution in [2.24, 2.45) is 0 Å². The van der Waals surface area contributed by atoms with E-state index >= 15 is 0 Å². The molecule has 1 aromatic rings. The number of allylic oxidation sites excluding steroid dienone is 1. The van der Waals surface area contributed by atoms with Crippen molar-refractivity contribution in [3.8, 4) is 11.5 Å². The molecule has 0 spiro atoms. The van der Waals surface area contributed by atoms with E-state index in [1.54, 1.807) is 44.6 Å². The first kappa shape index (κ1) is 15.8. The zero-order valence-corrected chi connectivity index (χ0v) is 12.8. The van der Waals surface area contributed by atoms with Crippen LogP contribution in [0.25, 0.3) is 6.08 Å². The average molecular weight is 302 g/mol. The van der Waals surface area contributed by atoms with Crippen molar-refractivity contribution in [2.45, 2.75) is 19.8 Å².